The molecule has 0 saturated carbocycles. The zero-order chi connectivity index (χ0) is 12.5. The van der Waals surface area contributed by atoms with Crippen LogP contribution < -0.4 is 10.6 Å². The van der Waals surface area contributed by atoms with E-state index in [1.54, 1.807) is 0 Å². The van der Waals surface area contributed by atoms with E-state index < -0.39 is 0 Å². The van der Waals surface area contributed by atoms with Gasteiger partial charge in [0.05, 0.1) is 0 Å². The molecule has 0 amide bonds. The van der Waals surface area contributed by atoms with Crippen LogP contribution in [0.25, 0.3) is 0 Å². The van der Waals surface area contributed by atoms with Gasteiger partial charge < -0.3 is 15.7 Å². The number of hydrogen-bond donors (Lipinski definition) is 3. The van der Waals surface area contributed by atoms with E-state index in [-0.39, 0.29) is 0 Å². The first kappa shape index (κ1) is 13.7. The fraction of sp³-hybridized carbons (Fsp3) is 0.667. The fourth-order valence-electron chi connectivity index (χ4n) is 1.59. The standard InChI is InChI=1S/C12H22N4O/c1-10-15-11(13-2)9-12(16-10)14-7-5-3-4-6-8-17/h9,17H,3-8H2,1-2H3,(H2,13,14,15,16). The Kier molecular flexibility index (Phi) is 6.32. The van der Waals surface area contributed by atoms with E-state index in [1.807, 2.05) is 20.0 Å². The van der Waals surface area contributed by atoms with Gasteiger partial charge in [-0.05, 0) is 19.8 Å². The van der Waals surface area contributed by atoms with Crippen LogP contribution in [0, 0.1) is 6.92 Å². The molecule has 0 saturated heterocycles. The molecule has 0 fully saturated rings. The van der Waals surface area contributed by atoms with Crippen LogP contribution >= 0.6 is 0 Å². The normalized spacial score (nSPS) is 10.3. The summed E-state index contributed by atoms with van der Waals surface area (Å²) in [6, 6.07) is 1.90. The molecule has 0 radical (unpaired) electrons. The molecule has 0 atom stereocenters. The van der Waals surface area contributed by atoms with Crippen molar-refractivity contribution in [2.75, 3.05) is 30.8 Å². The highest BCUT2D eigenvalue weighted by molar-refractivity contribution is 5.46. The van der Waals surface area contributed by atoms with E-state index in [4.69, 9.17) is 5.11 Å². The number of rotatable bonds is 8. The van der Waals surface area contributed by atoms with Gasteiger partial charge in [-0.1, -0.05) is 12.8 Å². The summed E-state index contributed by atoms with van der Waals surface area (Å²) in [5, 5.41) is 14.9. The summed E-state index contributed by atoms with van der Waals surface area (Å²) < 4.78 is 0. The van der Waals surface area contributed by atoms with E-state index in [9.17, 15) is 0 Å². The monoisotopic (exact) mass is 238 g/mol. The molecule has 1 aromatic heterocycles. The molecule has 1 aromatic rings. The third-order valence-electron chi connectivity index (χ3n) is 2.49. The first-order valence-corrected chi connectivity index (χ1v) is 6.14. The maximum atomic E-state index is 8.65. The average Bonchev–Trinajstić information content (AvgIpc) is 2.33. The molecular formula is C12H22N4O. The Hall–Kier alpha value is -1.36. The molecule has 0 unspecified atom stereocenters. The van der Waals surface area contributed by atoms with Crippen molar-refractivity contribution in [1.82, 2.24) is 9.97 Å². The molecule has 0 bridgehead atoms. The lowest BCUT2D eigenvalue weighted by Gasteiger charge is -2.08. The number of aromatic nitrogens is 2. The highest BCUT2D eigenvalue weighted by atomic mass is 16.2. The van der Waals surface area contributed by atoms with E-state index in [0.29, 0.717) is 6.61 Å². The number of aryl methyl sites for hydroxylation is 1. The smallest absolute Gasteiger partial charge is 0.131 e. The lowest BCUT2D eigenvalue weighted by atomic mass is 10.2. The minimum Gasteiger partial charge on any atom is -0.396 e. The molecule has 0 aromatic carbocycles. The van der Waals surface area contributed by atoms with Crippen LogP contribution in [0.15, 0.2) is 6.07 Å². The molecule has 0 aliphatic heterocycles. The van der Waals surface area contributed by atoms with Crippen LogP contribution in [-0.2, 0) is 0 Å². The first-order chi connectivity index (χ1) is 8.26. The molecular weight excluding hydrogens is 216 g/mol. The van der Waals surface area contributed by atoms with Crippen LogP contribution in [0.1, 0.15) is 31.5 Å². The number of anilines is 2. The maximum Gasteiger partial charge on any atom is 0.131 e. The molecule has 96 valence electrons. The van der Waals surface area contributed by atoms with Crippen LogP contribution in [0.3, 0.4) is 0 Å². The lowest BCUT2D eigenvalue weighted by molar-refractivity contribution is 0.283. The largest absolute Gasteiger partial charge is 0.396 e. The quantitative estimate of drug-likeness (QED) is 0.602. The number of unbranched alkanes of at least 4 members (excludes halogenated alkanes) is 3. The number of nitrogens with one attached hydrogen (secondary N) is 2. The fourth-order valence-corrected chi connectivity index (χ4v) is 1.59. The predicted octanol–water partition coefficient (Wildman–Crippen LogP) is 1.79. The van der Waals surface area contributed by atoms with E-state index in [0.717, 1.165) is 49.7 Å². The van der Waals surface area contributed by atoms with Crippen molar-refractivity contribution in [1.29, 1.82) is 0 Å². The molecule has 5 nitrogen and oxygen atoms in total. The molecule has 3 N–H and O–H groups in total. The first-order valence-electron chi connectivity index (χ1n) is 6.14. The lowest BCUT2D eigenvalue weighted by Crippen LogP contribution is -2.06. The van der Waals surface area contributed by atoms with Gasteiger partial charge in [-0.15, -0.1) is 0 Å². The Morgan fingerprint density at radius 3 is 2.53 bits per heavy atom. The van der Waals surface area contributed by atoms with E-state index in [1.165, 1.54) is 0 Å². The molecule has 0 spiro atoms. The summed E-state index contributed by atoms with van der Waals surface area (Å²) in [5.41, 5.74) is 0. The second-order valence-corrected chi connectivity index (χ2v) is 4.00. The summed E-state index contributed by atoms with van der Waals surface area (Å²) in [4.78, 5) is 8.54. The Bertz CT molecular complexity index is 330. The Morgan fingerprint density at radius 1 is 1.12 bits per heavy atom. The van der Waals surface area contributed by atoms with Crippen LogP contribution in [-0.4, -0.2) is 35.3 Å². The van der Waals surface area contributed by atoms with Gasteiger partial charge in [0.25, 0.3) is 0 Å². The highest BCUT2D eigenvalue weighted by Gasteiger charge is 1.99. The SMILES string of the molecule is CNc1cc(NCCCCCCO)nc(C)n1. The van der Waals surface area contributed by atoms with Gasteiger partial charge in [-0.25, -0.2) is 9.97 Å². The highest BCUT2D eigenvalue weighted by Crippen LogP contribution is 2.10. The minimum absolute atomic E-state index is 0.296. The van der Waals surface area contributed by atoms with Gasteiger partial charge in [-0.2, -0.15) is 0 Å². The van der Waals surface area contributed by atoms with Crippen molar-refractivity contribution in [2.24, 2.45) is 0 Å². The summed E-state index contributed by atoms with van der Waals surface area (Å²) in [7, 11) is 1.85. The predicted molar refractivity (Wildman–Crippen MR) is 70.4 cm³/mol. The van der Waals surface area contributed by atoms with Crippen molar-refractivity contribution in [2.45, 2.75) is 32.6 Å². The minimum atomic E-state index is 0.296. The second kappa shape index (κ2) is 7.84. The van der Waals surface area contributed by atoms with Crippen molar-refractivity contribution < 1.29 is 5.11 Å². The molecule has 0 aliphatic carbocycles. The van der Waals surface area contributed by atoms with Gasteiger partial charge in [0.2, 0.25) is 0 Å². The van der Waals surface area contributed by atoms with Crippen molar-refractivity contribution in [3.63, 3.8) is 0 Å². The maximum absolute atomic E-state index is 8.65. The zero-order valence-corrected chi connectivity index (χ0v) is 10.7. The number of aliphatic hydroxyl groups excluding tert-OH is 1. The summed E-state index contributed by atoms with van der Waals surface area (Å²) in [5.74, 6) is 2.46. The third kappa shape index (κ3) is 5.49. The van der Waals surface area contributed by atoms with Gasteiger partial charge in [-0.3, -0.25) is 0 Å². The summed E-state index contributed by atoms with van der Waals surface area (Å²) >= 11 is 0. The molecule has 1 rings (SSSR count). The number of nitrogens with zero attached hydrogens (tertiary/aromatic N) is 2. The van der Waals surface area contributed by atoms with Gasteiger partial charge in [0.15, 0.2) is 0 Å². The van der Waals surface area contributed by atoms with Crippen molar-refractivity contribution >= 4 is 11.6 Å². The molecule has 5 heteroatoms. The second-order valence-electron chi connectivity index (χ2n) is 4.00. The third-order valence-corrected chi connectivity index (χ3v) is 2.49. The number of hydrogen-bond acceptors (Lipinski definition) is 5. The van der Waals surface area contributed by atoms with E-state index >= 15 is 0 Å². The number of aliphatic hydroxyl groups is 1. The molecule has 0 aliphatic rings. The molecule has 17 heavy (non-hydrogen) atoms. The van der Waals surface area contributed by atoms with Crippen LogP contribution in [0.5, 0.6) is 0 Å². The van der Waals surface area contributed by atoms with Crippen molar-refractivity contribution in [3.8, 4) is 0 Å². The van der Waals surface area contributed by atoms with Gasteiger partial charge >= 0.3 is 0 Å². The average molecular weight is 238 g/mol. The Labute approximate surface area is 103 Å². The Balaban J connectivity index is 2.28. The van der Waals surface area contributed by atoms with Crippen LogP contribution in [0.4, 0.5) is 11.6 Å². The van der Waals surface area contributed by atoms with Crippen molar-refractivity contribution in [3.05, 3.63) is 11.9 Å². The zero-order valence-electron chi connectivity index (χ0n) is 10.7. The topological polar surface area (TPSA) is 70.1 Å². The molecule has 1 heterocycles. The van der Waals surface area contributed by atoms with Gasteiger partial charge in [0.1, 0.15) is 17.5 Å². The van der Waals surface area contributed by atoms with Gasteiger partial charge in [0, 0.05) is 26.3 Å². The summed E-state index contributed by atoms with van der Waals surface area (Å²) in [6.07, 6.45) is 4.22. The Morgan fingerprint density at radius 2 is 1.82 bits per heavy atom. The van der Waals surface area contributed by atoms with E-state index in [2.05, 4.69) is 20.6 Å². The van der Waals surface area contributed by atoms with Crippen LogP contribution in [0.2, 0.25) is 0 Å². The summed E-state index contributed by atoms with van der Waals surface area (Å²) in [6.45, 7) is 3.09.